The number of amides is 3. The Bertz CT molecular complexity index is 842. The van der Waals surface area contributed by atoms with E-state index in [4.69, 9.17) is 0 Å². The van der Waals surface area contributed by atoms with E-state index in [0.717, 1.165) is 25.2 Å². The Kier molecular flexibility index (Phi) is 4.25. The van der Waals surface area contributed by atoms with E-state index in [1.165, 1.54) is 24.8 Å². The molecule has 2 saturated heterocycles. The highest BCUT2D eigenvalue weighted by Gasteiger charge is 2.49. The number of hydrogen-bond acceptors (Lipinski definition) is 5. The highest BCUT2D eigenvalue weighted by Crippen LogP contribution is 2.45. The lowest BCUT2D eigenvalue weighted by Crippen LogP contribution is -2.52. The smallest absolute Gasteiger partial charge is 0.255 e. The molecule has 1 aromatic carbocycles. The molecular formula is C21H26N4O3. The molecule has 1 aliphatic carbocycles. The summed E-state index contributed by atoms with van der Waals surface area (Å²) in [6.07, 6.45) is 4.41. The molecule has 3 amide bonds. The van der Waals surface area contributed by atoms with Crippen LogP contribution in [-0.4, -0.2) is 47.3 Å². The topological polar surface area (TPSA) is 90.5 Å². The van der Waals surface area contributed by atoms with Crippen LogP contribution >= 0.6 is 0 Å². The van der Waals surface area contributed by atoms with Crippen molar-refractivity contribution in [3.63, 3.8) is 0 Å². The molecule has 7 heteroatoms. The number of carbonyl (C=O) groups is 3. The summed E-state index contributed by atoms with van der Waals surface area (Å²) >= 11 is 0. The van der Waals surface area contributed by atoms with E-state index < -0.39 is 6.04 Å². The van der Waals surface area contributed by atoms with E-state index in [0.29, 0.717) is 24.4 Å². The minimum absolute atomic E-state index is 0.111. The molecule has 2 atom stereocenters. The van der Waals surface area contributed by atoms with Crippen LogP contribution in [0.3, 0.4) is 0 Å². The zero-order valence-corrected chi connectivity index (χ0v) is 15.9. The molecule has 2 unspecified atom stereocenters. The first-order valence-corrected chi connectivity index (χ1v) is 10.3. The molecule has 3 aliphatic heterocycles. The second-order valence-corrected chi connectivity index (χ2v) is 8.59. The summed E-state index contributed by atoms with van der Waals surface area (Å²) in [6.45, 7) is 3.46. The highest BCUT2D eigenvalue weighted by atomic mass is 16.2. The molecule has 28 heavy (non-hydrogen) atoms. The zero-order valence-electron chi connectivity index (χ0n) is 15.9. The number of benzene rings is 1. The third kappa shape index (κ3) is 3.02. The molecule has 3 fully saturated rings. The number of carbonyl (C=O) groups excluding carboxylic acids is 3. The number of nitrogens with zero attached hydrogens (tertiary/aromatic N) is 1. The number of piperidine rings is 1. The van der Waals surface area contributed by atoms with E-state index in [-0.39, 0.29) is 29.7 Å². The first-order chi connectivity index (χ1) is 13.6. The largest absolute Gasteiger partial charge is 0.322 e. The van der Waals surface area contributed by atoms with Crippen LogP contribution in [0.2, 0.25) is 0 Å². The van der Waals surface area contributed by atoms with E-state index in [1.54, 1.807) is 4.90 Å². The molecule has 3 N–H and O–H groups in total. The molecule has 1 saturated carbocycles. The van der Waals surface area contributed by atoms with Crippen LogP contribution < -0.4 is 16.0 Å². The molecule has 3 heterocycles. The van der Waals surface area contributed by atoms with Crippen molar-refractivity contribution in [2.24, 2.45) is 5.92 Å². The number of nitrogens with one attached hydrogen (secondary N) is 3. The van der Waals surface area contributed by atoms with Gasteiger partial charge in [0.25, 0.3) is 5.91 Å². The third-order valence-corrected chi connectivity index (χ3v) is 6.86. The molecule has 0 bridgehead atoms. The van der Waals surface area contributed by atoms with Crippen molar-refractivity contribution in [1.82, 2.24) is 20.9 Å². The van der Waals surface area contributed by atoms with Gasteiger partial charge < -0.3 is 15.5 Å². The first kappa shape index (κ1) is 17.8. The van der Waals surface area contributed by atoms with Crippen LogP contribution in [-0.2, 0) is 22.7 Å². The summed E-state index contributed by atoms with van der Waals surface area (Å²) in [4.78, 5) is 37.9. The normalized spacial score (nSPS) is 28.4. The van der Waals surface area contributed by atoms with E-state index in [1.807, 2.05) is 12.1 Å². The van der Waals surface area contributed by atoms with Crippen LogP contribution in [0, 0.1) is 5.92 Å². The molecule has 5 rings (SSSR count). The van der Waals surface area contributed by atoms with Gasteiger partial charge in [0.2, 0.25) is 11.8 Å². The number of imide groups is 1. The van der Waals surface area contributed by atoms with Crippen LogP contribution in [0.25, 0.3) is 0 Å². The average Bonchev–Trinajstić information content (AvgIpc) is 3.12. The van der Waals surface area contributed by atoms with Crippen LogP contribution in [0.15, 0.2) is 18.2 Å². The Labute approximate surface area is 164 Å². The van der Waals surface area contributed by atoms with E-state index in [2.05, 4.69) is 22.0 Å². The summed E-state index contributed by atoms with van der Waals surface area (Å²) in [6, 6.07) is 5.44. The fourth-order valence-electron chi connectivity index (χ4n) is 5.01. The Morgan fingerprint density at radius 3 is 2.75 bits per heavy atom. The number of hydrogen-bond donors (Lipinski definition) is 3. The summed E-state index contributed by atoms with van der Waals surface area (Å²) in [5.74, 6) is -0.0170. The summed E-state index contributed by atoms with van der Waals surface area (Å²) in [5.41, 5.74) is 3.11. The van der Waals surface area contributed by atoms with E-state index in [9.17, 15) is 14.4 Å². The van der Waals surface area contributed by atoms with Crippen molar-refractivity contribution in [3.05, 3.63) is 34.9 Å². The predicted octanol–water partition coefficient (Wildman–Crippen LogP) is 0.679. The molecule has 7 nitrogen and oxygen atoms in total. The zero-order chi connectivity index (χ0) is 19.3. The summed E-state index contributed by atoms with van der Waals surface area (Å²) in [5, 5.41) is 9.59. The summed E-state index contributed by atoms with van der Waals surface area (Å²) < 4.78 is 0. The second-order valence-electron chi connectivity index (χ2n) is 8.59. The van der Waals surface area contributed by atoms with Crippen molar-refractivity contribution >= 4 is 17.7 Å². The van der Waals surface area contributed by atoms with Gasteiger partial charge in [-0.3, -0.25) is 19.7 Å². The monoisotopic (exact) mass is 382 g/mol. The Morgan fingerprint density at radius 2 is 2.04 bits per heavy atom. The van der Waals surface area contributed by atoms with Crippen molar-refractivity contribution in [3.8, 4) is 0 Å². The van der Waals surface area contributed by atoms with Gasteiger partial charge in [-0.2, -0.15) is 0 Å². The number of fused-ring (bicyclic) bond motifs is 1. The van der Waals surface area contributed by atoms with Crippen LogP contribution in [0.5, 0.6) is 0 Å². The quantitative estimate of drug-likeness (QED) is 0.652. The average molecular weight is 382 g/mol. The standard InChI is InChI=1S/C21H26N4O3/c26-18-4-3-17(19(27)24-18)25-12-14-9-13(1-2-16(14)20(25)28)10-23-21(6-7-21)15-5-8-22-11-15/h1-2,9,15,17,22-23H,3-8,10-12H2,(H,24,26,27). The number of rotatable bonds is 5. The van der Waals surface area contributed by atoms with Gasteiger partial charge in [-0.05, 0) is 61.9 Å². The maximum Gasteiger partial charge on any atom is 0.255 e. The van der Waals surface area contributed by atoms with Gasteiger partial charge in [0, 0.05) is 30.6 Å². The van der Waals surface area contributed by atoms with Crippen molar-refractivity contribution in [2.45, 2.75) is 56.8 Å². The van der Waals surface area contributed by atoms with E-state index >= 15 is 0 Å². The lowest BCUT2D eigenvalue weighted by molar-refractivity contribution is -0.136. The molecule has 0 aromatic heterocycles. The van der Waals surface area contributed by atoms with Gasteiger partial charge in [-0.25, -0.2) is 0 Å². The Morgan fingerprint density at radius 1 is 1.18 bits per heavy atom. The van der Waals surface area contributed by atoms with Gasteiger partial charge in [0.05, 0.1) is 0 Å². The fraction of sp³-hybridized carbons (Fsp3) is 0.571. The molecule has 4 aliphatic rings. The third-order valence-electron chi connectivity index (χ3n) is 6.86. The second kappa shape index (κ2) is 6.67. The van der Waals surface area contributed by atoms with Gasteiger partial charge >= 0.3 is 0 Å². The minimum atomic E-state index is -0.552. The Hall–Kier alpha value is -2.25. The fourth-order valence-corrected chi connectivity index (χ4v) is 5.01. The lowest BCUT2D eigenvalue weighted by Gasteiger charge is -2.29. The SMILES string of the molecule is O=C1CCC(N2Cc3cc(CNC4(C5CCNC5)CC4)ccc3C2=O)C(=O)N1. The minimum Gasteiger partial charge on any atom is -0.322 e. The molecule has 148 valence electrons. The molecule has 1 aromatic rings. The molecular weight excluding hydrogens is 356 g/mol. The van der Waals surface area contributed by atoms with Gasteiger partial charge in [-0.1, -0.05) is 12.1 Å². The Balaban J connectivity index is 1.27. The maximum absolute atomic E-state index is 12.8. The van der Waals surface area contributed by atoms with Crippen molar-refractivity contribution < 1.29 is 14.4 Å². The van der Waals surface area contributed by atoms with Crippen molar-refractivity contribution in [1.29, 1.82) is 0 Å². The first-order valence-electron chi connectivity index (χ1n) is 10.3. The van der Waals surface area contributed by atoms with Gasteiger partial charge in [-0.15, -0.1) is 0 Å². The molecule has 0 radical (unpaired) electrons. The maximum atomic E-state index is 12.8. The lowest BCUT2D eigenvalue weighted by atomic mass is 9.96. The van der Waals surface area contributed by atoms with Crippen LogP contribution in [0.4, 0.5) is 0 Å². The van der Waals surface area contributed by atoms with Gasteiger partial charge in [0.1, 0.15) is 6.04 Å². The van der Waals surface area contributed by atoms with Crippen molar-refractivity contribution in [2.75, 3.05) is 13.1 Å². The van der Waals surface area contributed by atoms with Gasteiger partial charge in [0.15, 0.2) is 0 Å². The summed E-state index contributed by atoms with van der Waals surface area (Å²) in [7, 11) is 0. The predicted molar refractivity (Wildman–Crippen MR) is 102 cm³/mol. The van der Waals surface area contributed by atoms with Crippen LogP contribution in [0.1, 0.15) is 53.6 Å². The highest BCUT2D eigenvalue weighted by molar-refractivity contribution is 6.05. The molecule has 0 spiro atoms.